The molecule has 0 fully saturated rings. The van der Waals surface area contributed by atoms with Crippen LogP contribution in [0.1, 0.15) is 6.92 Å². The van der Waals surface area contributed by atoms with Gasteiger partial charge in [0.25, 0.3) is 0 Å². The van der Waals surface area contributed by atoms with E-state index in [-0.39, 0.29) is 17.1 Å². The van der Waals surface area contributed by atoms with Gasteiger partial charge in [0, 0.05) is 32.1 Å². The Hall–Kier alpha value is -0.131. The van der Waals surface area contributed by atoms with Gasteiger partial charge >= 0.3 is 17.1 Å². The number of nitrogens with two attached hydrogens (primary N) is 2. The van der Waals surface area contributed by atoms with Gasteiger partial charge in [-0.05, 0) is 6.92 Å². The van der Waals surface area contributed by atoms with E-state index in [1.54, 1.807) is 0 Å². The minimum absolute atomic E-state index is 0. The van der Waals surface area contributed by atoms with Gasteiger partial charge in [-0.1, -0.05) is 0 Å². The molecule has 0 rings (SSSR count). The van der Waals surface area contributed by atoms with E-state index >= 15 is 0 Å². The maximum absolute atomic E-state index is 8.89. The summed E-state index contributed by atoms with van der Waals surface area (Å²) in [6.07, 6.45) is 0. The van der Waals surface area contributed by atoms with Crippen LogP contribution < -0.4 is 21.9 Å². The van der Waals surface area contributed by atoms with Crippen molar-refractivity contribution in [2.24, 2.45) is 11.5 Å². The maximum atomic E-state index is 8.89. The number of rotatable bonds is 4. The van der Waals surface area contributed by atoms with Gasteiger partial charge in [-0.3, -0.25) is 0 Å². The average Bonchev–Trinajstić information content (AvgIpc) is 1.88. The molecule has 1 radical (unpaired) electrons. The van der Waals surface area contributed by atoms with Gasteiger partial charge in [-0.15, -0.1) is 0 Å². The second kappa shape index (κ2) is 17.1. The smallest absolute Gasteiger partial charge is 0.550 e. The van der Waals surface area contributed by atoms with E-state index in [0.29, 0.717) is 13.1 Å². The minimum Gasteiger partial charge on any atom is -0.550 e. The van der Waals surface area contributed by atoms with E-state index in [0.717, 1.165) is 20.0 Å². The van der Waals surface area contributed by atoms with E-state index in [9.17, 15) is 0 Å². The monoisotopic (exact) mass is 217 g/mol. The zero-order chi connectivity index (χ0) is 9.11. The minimum atomic E-state index is -1.08. The van der Waals surface area contributed by atoms with E-state index < -0.39 is 5.97 Å². The fourth-order valence-electron chi connectivity index (χ4n) is 0.329. The largest absolute Gasteiger partial charge is 2.00 e. The van der Waals surface area contributed by atoms with Crippen molar-refractivity contribution in [2.45, 2.75) is 6.92 Å². The van der Waals surface area contributed by atoms with Gasteiger partial charge in [0.2, 0.25) is 0 Å². The molecule has 0 unspecified atom stereocenters. The Morgan fingerprint density at radius 3 is 1.75 bits per heavy atom. The first-order chi connectivity index (χ1) is 5.15. The SMILES string of the molecule is CC(=O)[O-].NCCNCCN.[Mn+2]. The molecule has 0 bridgehead atoms. The Bertz CT molecular complexity index is 84.9. The summed E-state index contributed by atoms with van der Waals surface area (Å²) in [7, 11) is 0. The quantitative estimate of drug-likeness (QED) is 0.350. The van der Waals surface area contributed by atoms with Crippen molar-refractivity contribution >= 4 is 5.97 Å². The summed E-state index contributed by atoms with van der Waals surface area (Å²) in [5, 5.41) is 11.9. The van der Waals surface area contributed by atoms with Crippen molar-refractivity contribution in [3.05, 3.63) is 0 Å². The van der Waals surface area contributed by atoms with Crippen LogP contribution in [0.25, 0.3) is 0 Å². The van der Waals surface area contributed by atoms with E-state index in [4.69, 9.17) is 21.4 Å². The third-order valence-electron chi connectivity index (χ3n) is 0.642. The second-order valence-electron chi connectivity index (χ2n) is 1.82. The Morgan fingerprint density at radius 2 is 1.58 bits per heavy atom. The van der Waals surface area contributed by atoms with Crippen LogP contribution >= 0.6 is 0 Å². The van der Waals surface area contributed by atoms with Crippen LogP contribution in [0.15, 0.2) is 0 Å². The molecule has 0 aliphatic carbocycles. The van der Waals surface area contributed by atoms with Gasteiger partial charge in [0.05, 0.1) is 0 Å². The molecular formula is C6H16MnN3O2+. The van der Waals surface area contributed by atoms with Crippen molar-refractivity contribution in [1.82, 2.24) is 5.32 Å². The molecule has 0 saturated carbocycles. The molecule has 0 atom stereocenters. The van der Waals surface area contributed by atoms with Crippen LogP contribution in [0.4, 0.5) is 0 Å². The Kier molecular flexibility index (Phi) is 25.4. The molecular weight excluding hydrogens is 201 g/mol. The first-order valence-electron chi connectivity index (χ1n) is 3.43. The number of carboxylic acids is 1. The summed E-state index contributed by atoms with van der Waals surface area (Å²) in [6, 6.07) is 0. The molecule has 0 aromatic heterocycles. The first-order valence-corrected chi connectivity index (χ1v) is 3.43. The predicted octanol–water partition coefficient (Wildman–Crippen LogP) is -2.75. The van der Waals surface area contributed by atoms with Crippen LogP contribution in [-0.2, 0) is 21.9 Å². The average molecular weight is 217 g/mol. The van der Waals surface area contributed by atoms with E-state index in [2.05, 4.69) is 5.32 Å². The molecule has 0 aromatic carbocycles. The van der Waals surface area contributed by atoms with Crippen LogP contribution in [-0.4, -0.2) is 32.1 Å². The summed E-state index contributed by atoms with van der Waals surface area (Å²) in [4.78, 5) is 8.89. The number of hydrogen-bond acceptors (Lipinski definition) is 5. The normalized spacial score (nSPS) is 7.58. The van der Waals surface area contributed by atoms with Gasteiger partial charge in [0.15, 0.2) is 0 Å². The molecule has 0 heterocycles. The van der Waals surface area contributed by atoms with Crippen LogP contribution in [0.2, 0.25) is 0 Å². The van der Waals surface area contributed by atoms with Gasteiger partial charge in [-0.2, -0.15) is 0 Å². The fraction of sp³-hybridized carbons (Fsp3) is 0.833. The number of hydrogen-bond donors (Lipinski definition) is 3. The zero-order valence-corrected chi connectivity index (χ0v) is 8.36. The third kappa shape index (κ3) is 51.9. The number of nitrogens with one attached hydrogen (secondary N) is 1. The van der Waals surface area contributed by atoms with Crippen molar-refractivity contribution < 1.29 is 27.0 Å². The molecule has 0 amide bonds. The molecule has 6 heteroatoms. The topological polar surface area (TPSA) is 104 Å². The summed E-state index contributed by atoms with van der Waals surface area (Å²) >= 11 is 0. The number of aliphatic carboxylic acids is 1. The van der Waals surface area contributed by atoms with Crippen molar-refractivity contribution in [2.75, 3.05) is 26.2 Å². The Morgan fingerprint density at radius 1 is 1.33 bits per heavy atom. The van der Waals surface area contributed by atoms with Crippen LogP contribution in [0, 0.1) is 0 Å². The molecule has 12 heavy (non-hydrogen) atoms. The molecule has 0 spiro atoms. The third-order valence-corrected chi connectivity index (χ3v) is 0.642. The zero-order valence-electron chi connectivity index (χ0n) is 7.18. The van der Waals surface area contributed by atoms with E-state index in [1.165, 1.54) is 0 Å². The summed E-state index contributed by atoms with van der Waals surface area (Å²) in [6.45, 7) is 4.11. The summed E-state index contributed by atoms with van der Waals surface area (Å²) < 4.78 is 0. The van der Waals surface area contributed by atoms with Gasteiger partial charge in [-0.25, -0.2) is 0 Å². The molecule has 5 nitrogen and oxygen atoms in total. The van der Waals surface area contributed by atoms with Crippen molar-refractivity contribution in [1.29, 1.82) is 0 Å². The molecule has 0 saturated heterocycles. The number of carboxylic acid groups (broad SMARTS) is 1. The molecule has 0 aliphatic rings. The molecule has 5 N–H and O–H groups in total. The first kappa shape index (κ1) is 17.8. The molecule has 0 aliphatic heterocycles. The van der Waals surface area contributed by atoms with Crippen LogP contribution in [0.3, 0.4) is 0 Å². The van der Waals surface area contributed by atoms with Gasteiger partial charge < -0.3 is 26.7 Å². The fourth-order valence-corrected chi connectivity index (χ4v) is 0.329. The molecule has 0 aromatic rings. The Labute approximate surface area is 83.4 Å². The van der Waals surface area contributed by atoms with Crippen LogP contribution in [0.5, 0.6) is 0 Å². The Balaban J connectivity index is -0.000000142. The van der Waals surface area contributed by atoms with Gasteiger partial charge in [0.1, 0.15) is 0 Å². The number of carbonyl (C=O) groups excluding carboxylic acids is 1. The van der Waals surface area contributed by atoms with E-state index in [1.807, 2.05) is 0 Å². The summed E-state index contributed by atoms with van der Waals surface area (Å²) in [5.41, 5.74) is 10.3. The summed E-state index contributed by atoms with van der Waals surface area (Å²) in [5.74, 6) is -1.08. The van der Waals surface area contributed by atoms with Crippen molar-refractivity contribution in [3.8, 4) is 0 Å². The second-order valence-corrected chi connectivity index (χ2v) is 1.82. The standard InChI is InChI=1S/C4H13N3.C2H4O2.Mn/c5-1-3-7-4-2-6;1-2(3)4;/h7H,1-6H2;1H3,(H,3,4);/q;;+2/p-1. The number of carbonyl (C=O) groups is 1. The maximum Gasteiger partial charge on any atom is 2.00 e. The van der Waals surface area contributed by atoms with Crippen molar-refractivity contribution in [3.63, 3.8) is 0 Å². The predicted molar refractivity (Wildman–Crippen MR) is 41.7 cm³/mol. The molecule has 73 valence electrons.